The molecule has 0 saturated heterocycles. The Labute approximate surface area is 156 Å². The average molecular weight is 371 g/mol. The van der Waals surface area contributed by atoms with Crippen LogP contribution in [-0.2, 0) is 24.4 Å². The molecule has 1 aromatic carbocycles. The first-order valence-corrected chi connectivity index (χ1v) is 9.24. The number of anilines is 1. The van der Waals surface area contributed by atoms with E-state index >= 15 is 0 Å². The molecule has 1 saturated carbocycles. The van der Waals surface area contributed by atoms with Crippen molar-refractivity contribution < 1.29 is 14.0 Å². The number of hydrogen-bond donors (Lipinski definition) is 2. The van der Waals surface area contributed by atoms with Crippen molar-refractivity contribution in [2.45, 2.75) is 38.9 Å². The first-order chi connectivity index (χ1) is 13.1. The number of para-hydroxylation sites is 1. The maximum atomic E-state index is 13.6. The summed E-state index contributed by atoms with van der Waals surface area (Å²) in [5.41, 5.74) is 1.82. The lowest BCUT2D eigenvalue weighted by Gasteiger charge is -2.34. The fourth-order valence-corrected chi connectivity index (χ4v) is 3.41. The van der Waals surface area contributed by atoms with Crippen LogP contribution in [0.5, 0.6) is 0 Å². The summed E-state index contributed by atoms with van der Waals surface area (Å²) >= 11 is 0. The number of nitrogens with zero attached hydrogens (tertiary/aromatic N) is 3. The molecule has 7 nitrogen and oxygen atoms in total. The molecular weight excluding hydrogens is 349 g/mol. The van der Waals surface area contributed by atoms with Crippen LogP contribution in [0, 0.1) is 11.7 Å². The quantitative estimate of drug-likeness (QED) is 0.867. The summed E-state index contributed by atoms with van der Waals surface area (Å²) in [4.78, 5) is 26.3. The third kappa shape index (κ3) is 3.79. The molecule has 1 aliphatic heterocycles. The molecular formula is C19H22FN5O2. The normalized spacial score (nSPS) is 16.4. The molecule has 2 aliphatic rings. The summed E-state index contributed by atoms with van der Waals surface area (Å²) in [6, 6.07) is 7.41. The van der Waals surface area contributed by atoms with Gasteiger partial charge < -0.3 is 15.5 Å². The van der Waals surface area contributed by atoms with Crippen LogP contribution in [0.2, 0.25) is 0 Å². The molecule has 0 atom stereocenters. The van der Waals surface area contributed by atoms with E-state index in [-0.39, 0.29) is 24.1 Å². The molecule has 3 amide bonds. The van der Waals surface area contributed by atoms with Crippen LogP contribution in [0.15, 0.2) is 30.3 Å². The second kappa shape index (κ2) is 7.38. The summed E-state index contributed by atoms with van der Waals surface area (Å²) in [7, 11) is 0. The minimum Gasteiger partial charge on any atom is -0.335 e. The molecule has 27 heavy (non-hydrogen) atoms. The van der Waals surface area contributed by atoms with Gasteiger partial charge in [0.15, 0.2) is 0 Å². The van der Waals surface area contributed by atoms with Gasteiger partial charge in [-0.3, -0.25) is 9.48 Å². The Morgan fingerprint density at radius 3 is 2.78 bits per heavy atom. The molecule has 4 rings (SSSR count). The van der Waals surface area contributed by atoms with Crippen molar-refractivity contribution in [3.05, 3.63) is 47.5 Å². The zero-order chi connectivity index (χ0) is 18.8. The first-order valence-electron chi connectivity index (χ1n) is 9.24. The van der Waals surface area contributed by atoms with Crippen LogP contribution in [-0.4, -0.2) is 33.2 Å². The Balaban J connectivity index is 1.32. The number of nitrogens with one attached hydrogen (secondary N) is 2. The zero-order valence-electron chi connectivity index (χ0n) is 14.9. The van der Waals surface area contributed by atoms with E-state index in [9.17, 15) is 14.0 Å². The van der Waals surface area contributed by atoms with Crippen molar-refractivity contribution in [1.29, 1.82) is 0 Å². The van der Waals surface area contributed by atoms with Gasteiger partial charge in [0.05, 0.1) is 36.7 Å². The topological polar surface area (TPSA) is 79.3 Å². The molecule has 0 bridgehead atoms. The highest BCUT2D eigenvalue weighted by Crippen LogP contribution is 2.29. The predicted molar refractivity (Wildman–Crippen MR) is 97.2 cm³/mol. The van der Waals surface area contributed by atoms with E-state index in [0.717, 1.165) is 25.0 Å². The van der Waals surface area contributed by atoms with Gasteiger partial charge in [0.1, 0.15) is 5.82 Å². The van der Waals surface area contributed by atoms with Crippen LogP contribution in [0.3, 0.4) is 0 Å². The molecule has 0 unspecified atom stereocenters. The molecule has 1 aromatic heterocycles. The summed E-state index contributed by atoms with van der Waals surface area (Å²) in [6.07, 6.45) is 3.15. The minimum absolute atomic E-state index is 0.129. The lowest BCUT2D eigenvalue weighted by atomic mass is 9.84. The van der Waals surface area contributed by atoms with Crippen LogP contribution in [0.4, 0.5) is 14.9 Å². The maximum absolute atomic E-state index is 13.6. The second-order valence-corrected chi connectivity index (χ2v) is 7.03. The van der Waals surface area contributed by atoms with Crippen LogP contribution in [0.1, 0.15) is 30.7 Å². The van der Waals surface area contributed by atoms with Gasteiger partial charge in [0.25, 0.3) is 0 Å². The van der Waals surface area contributed by atoms with Gasteiger partial charge in [0.2, 0.25) is 5.91 Å². The third-order valence-electron chi connectivity index (χ3n) is 5.17. The van der Waals surface area contributed by atoms with E-state index in [0.29, 0.717) is 25.3 Å². The number of hydrogen-bond acceptors (Lipinski definition) is 3. The highest BCUT2D eigenvalue weighted by atomic mass is 19.1. The Morgan fingerprint density at radius 2 is 2.04 bits per heavy atom. The average Bonchev–Trinajstić information content (AvgIpc) is 3.02. The number of carbonyl (C=O) groups excluding carboxylic acids is 2. The number of halogens is 1. The molecule has 2 N–H and O–H groups in total. The van der Waals surface area contributed by atoms with Crippen molar-refractivity contribution in [2.24, 2.45) is 5.92 Å². The molecule has 142 valence electrons. The summed E-state index contributed by atoms with van der Waals surface area (Å²) in [5, 5.41) is 9.64. The maximum Gasteiger partial charge on any atom is 0.319 e. The Bertz CT molecular complexity index is 862. The number of rotatable bonds is 4. The second-order valence-electron chi connectivity index (χ2n) is 7.03. The Kier molecular flexibility index (Phi) is 4.79. The van der Waals surface area contributed by atoms with Gasteiger partial charge >= 0.3 is 6.03 Å². The minimum atomic E-state index is -0.493. The van der Waals surface area contributed by atoms with E-state index in [2.05, 4.69) is 15.7 Å². The van der Waals surface area contributed by atoms with E-state index in [1.807, 2.05) is 15.6 Å². The number of urea groups is 1. The molecule has 8 heteroatoms. The fourth-order valence-electron chi connectivity index (χ4n) is 3.41. The van der Waals surface area contributed by atoms with Crippen molar-refractivity contribution >= 4 is 17.6 Å². The summed E-state index contributed by atoms with van der Waals surface area (Å²) in [5.74, 6) is -0.0401. The van der Waals surface area contributed by atoms with Gasteiger partial charge in [0, 0.05) is 12.5 Å². The van der Waals surface area contributed by atoms with Gasteiger partial charge in [-0.25, -0.2) is 9.18 Å². The van der Waals surface area contributed by atoms with E-state index in [4.69, 9.17) is 0 Å². The van der Waals surface area contributed by atoms with E-state index in [1.54, 1.807) is 12.1 Å². The fraction of sp³-hybridized carbons (Fsp3) is 0.421. The van der Waals surface area contributed by atoms with E-state index < -0.39 is 11.8 Å². The summed E-state index contributed by atoms with van der Waals surface area (Å²) in [6.45, 7) is 2.13. The number of aromatic nitrogens is 2. The molecule has 1 aliphatic carbocycles. The monoisotopic (exact) mass is 371 g/mol. The lowest BCUT2D eigenvalue weighted by molar-refractivity contribution is -0.139. The SMILES string of the molecule is O=C(NCc1cc2n(n1)CCN(C(=O)C1CCC1)C2)Nc1ccccc1F. The van der Waals surface area contributed by atoms with Crippen LogP contribution >= 0.6 is 0 Å². The zero-order valence-corrected chi connectivity index (χ0v) is 14.9. The largest absolute Gasteiger partial charge is 0.335 e. The standard InChI is InChI=1S/C19H22FN5O2/c20-16-6-1-2-7-17(16)22-19(27)21-11-14-10-15-12-24(8-9-25(15)23-14)18(26)13-4-3-5-13/h1-2,6-7,10,13H,3-5,8-9,11-12H2,(H2,21,22,27). The number of fused-ring (bicyclic) bond motifs is 1. The lowest BCUT2D eigenvalue weighted by Crippen LogP contribution is -2.43. The van der Waals surface area contributed by atoms with Crippen molar-refractivity contribution in [3.8, 4) is 0 Å². The third-order valence-corrected chi connectivity index (χ3v) is 5.17. The number of carbonyl (C=O) groups is 2. The molecule has 0 spiro atoms. The van der Waals surface area contributed by atoms with Gasteiger partial charge in [-0.1, -0.05) is 18.6 Å². The Morgan fingerprint density at radius 1 is 1.22 bits per heavy atom. The van der Waals surface area contributed by atoms with Crippen molar-refractivity contribution in [1.82, 2.24) is 20.0 Å². The molecule has 1 fully saturated rings. The predicted octanol–water partition coefficient (Wildman–Crippen LogP) is 2.49. The smallest absolute Gasteiger partial charge is 0.319 e. The number of amides is 3. The highest BCUT2D eigenvalue weighted by Gasteiger charge is 2.31. The first kappa shape index (κ1) is 17.5. The van der Waals surface area contributed by atoms with Crippen molar-refractivity contribution in [3.63, 3.8) is 0 Å². The highest BCUT2D eigenvalue weighted by molar-refractivity contribution is 5.89. The Hall–Kier alpha value is -2.90. The van der Waals surface area contributed by atoms with Crippen LogP contribution < -0.4 is 10.6 Å². The number of benzene rings is 1. The van der Waals surface area contributed by atoms with Crippen LogP contribution in [0.25, 0.3) is 0 Å². The van der Waals surface area contributed by atoms with E-state index in [1.165, 1.54) is 12.1 Å². The van der Waals surface area contributed by atoms with Gasteiger partial charge in [-0.05, 0) is 31.0 Å². The molecule has 2 aromatic rings. The summed E-state index contributed by atoms with van der Waals surface area (Å²) < 4.78 is 15.5. The van der Waals surface area contributed by atoms with Crippen molar-refractivity contribution in [2.75, 3.05) is 11.9 Å². The van der Waals surface area contributed by atoms with Gasteiger partial charge in [-0.15, -0.1) is 0 Å². The molecule has 0 radical (unpaired) electrons. The van der Waals surface area contributed by atoms with Gasteiger partial charge in [-0.2, -0.15) is 5.10 Å². The molecule has 2 heterocycles.